The molecule has 504 valence electrons. The number of rotatable bonds is 36. The fraction of sp³-hybridized carbons (Fsp3) is 0.377. The van der Waals surface area contributed by atoms with Crippen LogP contribution in [0.5, 0.6) is 0 Å². The van der Waals surface area contributed by atoms with Crippen LogP contribution in [0.4, 0.5) is 0 Å². The lowest BCUT2D eigenvalue weighted by Crippen LogP contribution is -2.66. The number of nitrogens with zero attached hydrogens (tertiary/aromatic N) is 3. The highest BCUT2D eigenvalue weighted by molar-refractivity contribution is 5.20. The standard InChI is InChI=1S/C77H85N3O16/c78-80-79-42-25-43-85-77-74(91-51-62-40-23-8-24-41-62)73(96-76-67(82)72(90-50-61-38-21-7-22-39-61)69(87-47-58-32-15-4-16-33-58)64(94-76)53-84-45-56-28-11-2-12-29-56)70(88-48-59-34-17-5-18-35-59)65(95-77)54-92-75-66(81)71(89-49-60-36-19-6-20-37-60)68(86-46-57-30-13-3-14-31-57)63(93-75)52-83-44-55-26-9-1-10-27-55/h1-24,26-41,63-77,81-82H,25,42-54H2/t63-,64-,65-,66+,67+,68-,69-,70-,71-,72-,73+,74+,75+,76-,77+/m1/s1. The topological polar surface area (TPSA) is 218 Å². The molecule has 0 aliphatic carbocycles. The Labute approximate surface area is 561 Å². The summed E-state index contributed by atoms with van der Waals surface area (Å²) in [5, 5.41) is 29.6. The van der Waals surface area contributed by atoms with E-state index in [1.54, 1.807) is 0 Å². The molecule has 0 bridgehead atoms. The molecule has 3 heterocycles. The lowest BCUT2D eigenvalue weighted by Gasteiger charge is -2.50. The normalized spacial score (nSPS) is 25.8. The second-order valence-electron chi connectivity index (χ2n) is 23.8. The van der Waals surface area contributed by atoms with Crippen LogP contribution in [0.2, 0.25) is 0 Å². The van der Waals surface area contributed by atoms with E-state index in [1.807, 2.05) is 243 Å². The van der Waals surface area contributed by atoms with Crippen LogP contribution < -0.4 is 0 Å². The molecule has 8 aromatic carbocycles. The third-order valence-electron chi connectivity index (χ3n) is 16.8. The van der Waals surface area contributed by atoms with Gasteiger partial charge in [0.1, 0.15) is 73.2 Å². The summed E-state index contributed by atoms with van der Waals surface area (Å²) in [4.78, 5) is 2.97. The summed E-state index contributed by atoms with van der Waals surface area (Å²) in [7, 11) is 0. The second kappa shape index (κ2) is 37.8. The fourth-order valence-corrected chi connectivity index (χ4v) is 11.8. The van der Waals surface area contributed by atoms with Gasteiger partial charge >= 0.3 is 0 Å². The van der Waals surface area contributed by atoms with Crippen LogP contribution in [0.3, 0.4) is 0 Å². The molecule has 0 saturated carbocycles. The van der Waals surface area contributed by atoms with Gasteiger partial charge in [0.05, 0.1) is 72.7 Å². The van der Waals surface area contributed by atoms with Crippen LogP contribution >= 0.6 is 0 Å². The number of benzene rings is 8. The summed E-state index contributed by atoms with van der Waals surface area (Å²) in [5.41, 5.74) is 16.4. The van der Waals surface area contributed by atoms with Gasteiger partial charge in [-0.3, -0.25) is 0 Å². The quantitative estimate of drug-likeness (QED) is 0.0161. The summed E-state index contributed by atoms with van der Waals surface area (Å²) >= 11 is 0. The van der Waals surface area contributed by atoms with Crippen molar-refractivity contribution in [1.82, 2.24) is 0 Å². The minimum atomic E-state index is -1.51. The van der Waals surface area contributed by atoms with Crippen molar-refractivity contribution in [1.29, 1.82) is 0 Å². The second-order valence-corrected chi connectivity index (χ2v) is 23.8. The predicted molar refractivity (Wildman–Crippen MR) is 356 cm³/mol. The van der Waals surface area contributed by atoms with Gasteiger partial charge in [-0.1, -0.05) is 248 Å². The van der Waals surface area contributed by atoms with Gasteiger partial charge in [0, 0.05) is 18.1 Å². The Balaban J connectivity index is 0.952. The predicted octanol–water partition coefficient (Wildman–Crippen LogP) is 11.9. The maximum absolute atomic E-state index is 13.1. The lowest BCUT2D eigenvalue weighted by atomic mass is 9.95. The molecule has 96 heavy (non-hydrogen) atoms. The van der Waals surface area contributed by atoms with E-state index in [0.29, 0.717) is 6.42 Å². The third-order valence-corrected chi connectivity index (χ3v) is 16.8. The van der Waals surface area contributed by atoms with Crippen LogP contribution in [-0.2, 0) is 119 Å². The smallest absolute Gasteiger partial charge is 0.187 e. The van der Waals surface area contributed by atoms with E-state index in [4.69, 9.17) is 66.3 Å². The van der Waals surface area contributed by atoms with E-state index in [9.17, 15) is 15.7 Å². The van der Waals surface area contributed by atoms with E-state index < -0.39 is 92.1 Å². The molecule has 3 aliphatic heterocycles. The van der Waals surface area contributed by atoms with Gasteiger partial charge in [0.25, 0.3) is 0 Å². The highest BCUT2D eigenvalue weighted by Gasteiger charge is 2.55. The van der Waals surface area contributed by atoms with E-state index >= 15 is 0 Å². The van der Waals surface area contributed by atoms with Crippen molar-refractivity contribution < 1.29 is 76.5 Å². The van der Waals surface area contributed by atoms with Gasteiger partial charge < -0.3 is 76.5 Å². The molecule has 19 heteroatoms. The van der Waals surface area contributed by atoms with Gasteiger partial charge in [-0.2, -0.15) is 0 Å². The van der Waals surface area contributed by atoms with Crippen molar-refractivity contribution in [2.75, 3.05) is 33.0 Å². The molecule has 3 saturated heterocycles. The first-order valence-corrected chi connectivity index (χ1v) is 32.8. The van der Waals surface area contributed by atoms with Crippen molar-refractivity contribution in [3.05, 3.63) is 298 Å². The molecule has 0 spiro atoms. The Bertz CT molecular complexity index is 3470. The Morgan fingerprint density at radius 2 is 0.604 bits per heavy atom. The van der Waals surface area contributed by atoms with Crippen LogP contribution in [0, 0.1) is 0 Å². The Morgan fingerprint density at radius 3 is 0.969 bits per heavy atom. The van der Waals surface area contributed by atoms with Crippen LogP contribution in [0.1, 0.15) is 50.9 Å². The van der Waals surface area contributed by atoms with Crippen LogP contribution in [0.25, 0.3) is 10.4 Å². The van der Waals surface area contributed by atoms with Crippen molar-refractivity contribution >= 4 is 0 Å². The van der Waals surface area contributed by atoms with Crippen LogP contribution in [-0.4, -0.2) is 135 Å². The summed E-state index contributed by atoms with van der Waals surface area (Å²) in [6.45, 7) is 1.17. The number of ether oxygens (including phenoxy) is 14. The van der Waals surface area contributed by atoms with E-state index in [2.05, 4.69) is 10.0 Å². The Hall–Kier alpha value is -7.57. The largest absolute Gasteiger partial charge is 0.385 e. The summed E-state index contributed by atoms with van der Waals surface area (Å²) in [6.07, 6.45) is -16.8. The summed E-state index contributed by atoms with van der Waals surface area (Å²) in [6, 6.07) is 77.8. The molecule has 0 aromatic heterocycles. The molecule has 19 nitrogen and oxygen atoms in total. The number of azide groups is 1. The van der Waals surface area contributed by atoms with Gasteiger partial charge in [-0.25, -0.2) is 0 Å². The number of aliphatic hydroxyl groups excluding tert-OH is 2. The maximum atomic E-state index is 13.1. The Kier molecular flexibility index (Phi) is 27.5. The van der Waals surface area contributed by atoms with Crippen LogP contribution in [0.15, 0.2) is 248 Å². The van der Waals surface area contributed by atoms with E-state index in [1.165, 1.54) is 0 Å². The zero-order valence-corrected chi connectivity index (χ0v) is 53.6. The average molecular weight is 1310 g/mol. The molecule has 11 rings (SSSR count). The molecule has 3 fully saturated rings. The molecule has 0 unspecified atom stereocenters. The molecule has 3 aliphatic rings. The van der Waals surface area contributed by atoms with Gasteiger partial charge in [0.2, 0.25) is 0 Å². The zero-order valence-electron chi connectivity index (χ0n) is 53.6. The molecule has 2 N–H and O–H groups in total. The number of hydrogen-bond acceptors (Lipinski definition) is 17. The molecule has 0 radical (unpaired) electrons. The SMILES string of the molecule is [N-]=[N+]=NCCCO[C@H]1O[C@H](CO[C@H]2O[C@H](COCc3ccccc3)[C@@H](OCc3ccccc3)[C@H](OCc3ccccc3)[C@@H]2O)[C@@H](OCc2ccccc2)[C@H](O[C@H]2O[C@H](COCc3ccccc3)[C@@H](OCc3ccccc3)[C@H](OCc3ccccc3)[C@@H]2O)[C@@H]1OCc1ccccc1. The molecular weight excluding hydrogens is 1220 g/mol. The molecule has 8 aromatic rings. The van der Waals surface area contributed by atoms with Crippen molar-refractivity contribution in [2.45, 2.75) is 151 Å². The maximum Gasteiger partial charge on any atom is 0.187 e. The first-order chi connectivity index (χ1) is 47.4. The highest BCUT2D eigenvalue weighted by Crippen LogP contribution is 2.37. The summed E-state index contributed by atoms with van der Waals surface area (Å²) < 4.78 is 96.1. The molecule has 15 atom stereocenters. The van der Waals surface area contributed by atoms with Gasteiger partial charge in [0.15, 0.2) is 18.9 Å². The lowest BCUT2D eigenvalue weighted by molar-refractivity contribution is -0.379. The van der Waals surface area contributed by atoms with Crippen molar-refractivity contribution in [2.24, 2.45) is 5.11 Å². The first kappa shape index (κ1) is 69.8. The minimum absolute atomic E-state index is 0.00533. The fourth-order valence-electron chi connectivity index (χ4n) is 11.8. The van der Waals surface area contributed by atoms with Crippen molar-refractivity contribution in [3.63, 3.8) is 0 Å². The number of aliphatic hydroxyl groups is 2. The minimum Gasteiger partial charge on any atom is -0.385 e. The highest BCUT2D eigenvalue weighted by atomic mass is 16.8. The van der Waals surface area contributed by atoms with E-state index in [0.717, 1.165) is 44.5 Å². The van der Waals surface area contributed by atoms with Crippen molar-refractivity contribution in [3.8, 4) is 0 Å². The van der Waals surface area contributed by atoms with Gasteiger partial charge in [-0.15, -0.1) is 0 Å². The summed E-state index contributed by atoms with van der Waals surface area (Å²) in [5.74, 6) is 0. The molecule has 0 amide bonds. The Morgan fingerprint density at radius 1 is 0.312 bits per heavy atom. The monoisotopic (exact) mass is 1310 g/mol. The molecular formula is C77H85N3O16. The zero-order chi connectivity index (χ0) is 65.8. The first-order valence-electron chi connectivity index (χ1n) is 32.8. The number of hydrogen-bond donors (Lipinski definition) is 2. The average Bonchev–Trinajstić information content (AvgIpc) is 0.792. The third kappa shape index (κ3) is 20.7. The van der Waals surface area contributed by atoms with E-state index in [-0.39, 0.29) is 85.8 Å². The van der Waals surface area contributed by atoms with Gasteiger partial charge in [-0.05, 0) is 56.5 Å².